The summed E-state index contributed by atoms with van der Waals surface area (Å²) in [5.41, 5.74) is 3.31. The van der Waals surface area contributed by atoms with Crippen molar-refractivity contribution in [2.24, 2.45) is 5.92 Å². The summed E-state index contributed by atoms with van der Waals surface area (Å²) in [7, 11) is 0. The quantitative estimate of drug-likeness (QED) is 0.338. The smallest absolute Gasteiger partial charge is 0.380 e. The van der Waals surface area contributed by atoms with E-state index in [4.69, 9.17) is 5.41 Å². The third kappa shape index (κ3) is 5.90. The number of hydrogen-bond donors (Lipinski definition) is 3. The summed E-state index contributed by atoms with van der Waals surface area (Å²) >= 11 is 0. The van der Waals surface area contributed by atoms with Crippen molar-refractivity contribution in [3.8, 4) is 0 Å². The summed E-state index contributed by atoms with van der Waals surface area (Å²) in [5, 5.41) is 14.9. The Morgan fingerprint density at radius 2 is 1.94 bits per heavy atom. The predicted octanol–water partition coefficient (Wildman–Crippen LogP) is 5.43. The first-order chi connectivity index (χ1) is 15.2. The third-order valence-electron chi connectivity index (χ3n) is 5.47. The van der Waals surface area contributed by atoms with Crippen molar-refractivity contribution in [2.45, 2.75) is 25.9 Å². The zero-order valence-electron chi connectivity index (χ0n) is 18.1. The molecule has 0 bridgehead atoms. The molecular weight excluding hydrogens is 415 g/mol. The second-order valence-electron chi connectivity index (χ2n) is 7.91. The van der Waals surface area contributed by atoms with Crippen LogP contribution < -0.4 is 15.5 Å². The topological polar surface area (TPSA) is 64.0 Å². The molecular formula is C24H28F3N5. The zero-order chi connectivity index (χ0) is 23.3. The van der Waals surface area contributed by atoms with Crippen molar-refractivity contribution in [2.75, 3.05) is 29.9 Å². The van der Waals surface area contributed by atoms with E-state index in [1.165, 1.54) is 12.1 Å². The summed E-state index contributed by atoms with van der Waals surface area (Å²) in [6, 6.07) is 7.98. The van der Waals surface area contributed by atoms with Crippen molar-refractivity contribution in [3.63, 3.8) is 0 Å². The Hall–Kier alpha value is -3.29. The minimum absolute atomic E-state index is 0.191. The van der Waals surface area contributed by atoms with E-state index < -0.39 is 12.6 Å². The van der Waals surface area contributed by atoms with Gasteiger partial charge in [0.05, 0.1) is 29.9 Å². The van der Waals surface area contributed by atoms with Crippen LogP contribution in [0.25, 0.3) is 0 Å². The number of halogens is 3. The Labute approximate surface area is 186 Å². The number of alkyl halides is 3. The largest absolute Gasteiger partial charge is 0.393 e. The van der Waals surface area contributed by atoms with Gasteiger partial charge in [0.2, 0.25) is 0 Å². The van der Waals surface area contributed by atoms with Gasteiger partial charge in [-0.05, 0) is 42.2 Å². The lowest BCUT2D eigenvalue weighted by Gasteiger charge is -2.42. The number of aromatic nitrogens is 1. The molecule has 0 radical (unpaired) electrons. The molecule has 2 heterocycles. The first-order valence-electron chi connectivity index (χ1n) is 10.5. The minimum atomic E-state index is -4.25. The molecule has 1 aliphatic rings. The normalized spacial score (nSPS) is 13.9. The number of nitrogens with one attached hydrogen (secondary N) is 3. The Kier molecular flexibility index (Phi) is 7.22. The number of pyridine rings is 1. The van der Waals surface area contributed by atoms with Crippen molar-refractivity contribution in [1.82, 2.24) is 10.3 Å². The molecule has 1 aromatic heterocycles. The summed E-state index contributed by atoms with van der Waals surface area (Å²) in [6.45, 7) is 11.7. The fourth-order valence-electron chi connectivity index (χ4n) is 3.57. The molecule has 32 heavy (non-hydrogen) atoms. The molecule has 0 spiro atoms. The monoisotopic (exact) mass is 443 g/mol. The molecule has 0 amide bonds. The first-order valence-corrected chi connectivity index (χ1v) is 10.5. The second kappa shape index (κ2) is 9.89. The molecule has 8 heteroatoms. The lowest BCUT2D eigenvalue weighted by atomic mass is 9.95. The molecule has 0 aliphatic carbocycles. The van der Waals surface area contributed by atoms with Crippen LogP contribution in [0.4, 0.5) is 30.4 Å². The van der Waals surface area contributed by atoms with Gasteiger partial charge in [0, 0.05) is 30.7 Å². The van der Waals surface area contributed by atoms with Crippen LogP contribution in [-0.2, 0) is 6.42 Å². The molecule has 5 nitrogen and oxygen atoms in total. The molecule has 1 fully saturated rings. The standard InChI is InChI=1S/C24H28F3N5/c1-4-16(3)30-13-20(28)22-21(32-14-17(5-2)15-32)10-11-29-23(22)31-19-8-6-18(7-9-19)12-24(25,26)27/h4,6-11,17,28,30H,1,3,5,12-15H2,2H3,(H,29,31). The van der Waals surface area contributed by atoms with Crippen LogP contribution in [-0.4, -0.2) is 36.5 Å². The summed E-state index contributed by atoms with van der Waals surface area (Å²) in [6.07, 6.45) is -0.848. The van der Waals surface area contributed by atoms with Crippen LogP contribution in [0, 0.1) is 11.3 Å². The average Bonchev–Trinajstić information content (AvgIpc) is 2.71. The van der Waals surface area contributed by atoms with Crippen molar-refractivity contribution in [3.05, 3.63) is 72.6 Å². The number of anilines is 3. The average molecular weight is 444 g/mol. The Morgan fingerprint density at radius 1 is 1.25 bits per heavy atom. The summed E-state index contributed by atoms with van der Waals surface area (Å²) in [5.74, 6) is 1.11. The van der Waals surface area contributed by atoms with Gasteiger partial charge in [-0.2, -0.15) is 13.2 Å². The lowest BCUT2D eigenvalue weighted by Crippen LogP contribution is -2.47. The summed E-state index contributed by atoms with van der Waals surface area (Å²) in [4.78, 5) is 6.66. The maximum absolute atomic E-state index is 12.6. The van der Waals surface area contributed by atoms with Crippen LogP contribution in [0.3, 0.4) is 0 Å². The van der Waals surface area contributed by atoms with E-state index in [1.54, 1.807) is 24.4 Å². The Bertz CT molecular complexity index is 976. The van der Waals surface area contributed by atoms with Crippen LogP contribution in [0.1, 0.15) is 24.5 Å². The third-order valence-corrected chi connectivity index (χ3v) is 5.47. The zero-order valence-corrected chi connectivity index (χ0v) is 18.1. The van der Waals surface area contributed by atoms with Gasteiger partial charge < -0.3 is 20.9 Å². The molecule has 1 saturated heterocycles. The molecule has 2 aromatic rings. The van der Waals surface area contributed by atoms with E-state index in [0.717, 1.165) is 25.2 Å². The Balaban J connectivity index is 1.86. The molecule has 0 atom stereocenters. The van der Waals surface area contributed by atoms with Gasteiger partial charge in [0.1, 0.15) is 5.82 Å². The van der Waals surface area contributed by atoms with Crippen LogP contribution in [0.2, 0.25) is 0 Å². The SMILES string of the molecule is C=CC(=C)NCC(=N)c1c(N2CC(CC)C2)ccnc1Nc1ccc(CC(F)(F)F)cc1. The van der Waals surface area contributed by atoms with E-state index >= 15 is 0 Å². The van der Waals surface area contributed by atoms with Gasteiger partial charge in [0.25, 0.3) is 0 Å². The predicted molar refractivity (Wildman–Crippen MR) is 124 cm³/mol. The van der Waals surface area contributed by atoms with Gasteiger partial charge in [-0.3, -0.25) is 0 Å². The molecule has 0 unspecified atom stereocenters. The molecule has 3 N–H and O–H groups in total. The highest BCUT2D eigenvalue weighted by Crippen LogP contribution is 2.34. The van der Waals surface area contributed by atoms with Gasteiger partial charge >= 0.3 is 6.18 Å². The number of benzene rings is 1. The maximum Gasteiger partial charge on any atom is 0.393 e. The number of nitrogens with zero attached hydrogens (tertiary/aromatic N) is 2. The van der Waals surface area contributed by atoms with Gasteiger partial charge in [0.15, 0.2) is 0 Å². The Morgan fingerprint density at radius 3 is 2.53 bits per heavy atom. The highest BCUT2D eigenvalue weighted by atomic mass is 19.4. The van der Waals surface area contributed by atoms with Crippen molar-refractivity contribution >= 4 is 22.9 Å². The maximum atomic E-state index is 12.6. The number of rotatable bonds is 10. The molecule has 3 rings (SSSR count). The van der Waals surface area contributed by atoms with Gasteiger partial charge in [-0.25, -0.2) is 4.98 Å². The van der Waals surface area contributed by atoms with Crippen molar-refractivity contribution in [1.29, 1.82) is 5.41 Å². The molecule has 1 aromatic carbocycles. The minimum Gasteiger partial charge on any atom is -0.380 e. The molecule has 1 aliphatic heterocycles. The van der Waals surface area contributed by atoms with Crippen LogP contribution >= 0.6 is 0 Å². The van der Waals surface area contributed by atoms with Crippen molar-refractivity contribution < 1.29 is 13.2 Å². The fourth-order valence-corrected chi connectivity index (χ4v) is 3.57. The molecule has 0 saturated carbocycles. The second-order valence-corrected chi connectivity index (χ2v) is 7.91. The van der Waals surface area contributed by atoms with E-state index in [2.05, 4.69) is 40.6 Å². The lowest BCUT2D eigenvalue weighted by molar-refractivity contribution is -0.127. The fraction of sp³-hybridized carbons (Fsp3) is 0.333. The first kappa shape index (κ1) is 23.4. The number of allylic oxidation sites excluding steroid dienone is 1. The van der Waals surface area contributed by atoms with E-state index in [-0.39, 0.29) is 12.1 Å². The highest BCUT2D eigenvalue weighted by Gasteiger charge is 2.29. The van der Waals surface area contributed by atoms with E-state index in [9.17, 15) is 13.2 Å². The number of hydrogen-bond acceptors (Lipinski definition) is 5. The van der Waals surface area contributed by atoms with E-state index in [0.29, 0.717) is 34.4 Å². The summed E-state index contributed by atoms with van der Waals surface area (Å²) < 4.78 is 37.9. The molecule has 170 valence electrons. The van der Waals surface area contributed by atoms with Gasteiger partial charge in [-0.1, -0.05) is 32.2 Å². The highest BCUT2D eigenvalue weighted by molar-refractivity contribution is 6.09. The van der Waals surface area contributed by atoms with Crippen LogP contribution in [0.15, 0.2) is 61.5 Å². The van der Waals surface area contributed by atoms with Crippen LogP contribution in [0.5, 0.6) is 0 Å². The van der Waals surface area contributed by atoms with E-state index in [1.807, 2.05) is 6.07 Å². The van der Waals surface area contributed by atoms with Gasteiger partial charge in [-0.15, -0.1) is 0 Å².